The molecular formula is C20H29N3O2. The van der Waals surface area contributed by atoms with Crippen molar-refractivity contribution in [2.75, 3.05) is 44.3 Å². The quantitative estimate of drug-likeness (QED) is 0.907. The van der Waals surface area contributed by atoms with E-state index in [1.165, 1.54) is 24.8 Å². The smallest absolute Gasteiger partial charge is 0.243 e. The molecule has 0 bridgehead atoms. The number of piperidine rings is 1. The van der Waals surface area contributed by atoms with E-state index in [1.807, 2.05) is 4.90 Å². The lowest BCUT2D eigenvalue weighted by atomic mass is 9.64. The standard InChI is InChI=1S/C20H29N3O2/c21-18-3-1-10-23(19(18)24)17-6-4-16(5-7-17)20(8-2-9-20)15-22-11-13-25-14-12-22/h4-7,18H,1-3,8-15,21H2. The molecule has 25 heavy (non-hydrogen) atoms. The lowest BCUT2D eigenvalue weighted by Gasteiger charge is -2.46. The van der Waals surface area contributed by atoms with Gasteiger partial charge in [0.15, 0.2) is 0 Å². The third kappa shape index (κ3) is 3.33. The Morgan fingerprint density at radius 3 is 2.44 bits per heavy atom. The number of rotatable bonds is 4. The summed E-state index contributed by atoms with van der Waals surface area (Å²) in [6.45, 7) is 5.70. The molecule has 3 fully saturated rings. The molecule has 0 radical (unpaired) electrons. The van der Waals surface area contributed by atoms with E-state index in [9.17, 15) is 4.79 Å². The van der Waals surface area contributed by atoms with E-state index < -0.39 is 0 Å². The van der Waals surface area contributed by atoms with Crippen LogP contribution in [0.25, 0.3) is 0 Å². The molecular weight excluding hydrogens is 314 g/mol. The SMILES string of the molecule is NC1CCCN(c2ccc(C3(CN4CCOCC4)CCC3)cc2)C1=O. The van der Waals surface area contributed by atoms with Crippen LogP contribution in [0.5, 0.6) is 0 Å². The number of ether oxygens (including phenoxy) is 1. The van der Waals surface area contributed by atoms with Gasteiger partial charge in [-0.15, -0.1) is 0 Å². The zero-order valence-corrected chi connectivity index (χ0v) is 15.0. The zero-order chi connectivity index (χ0) is 17.3. The third-order valence-electron chi connectivity index (χ3n) is 6.21. The van der Waals surface area contributed by atoms with E-state index in [4.69, 9.17) is 10.5 Å². The Kier molecular flexibility index (Phi) is 4.80. The van der Waals surface area contributed by atoms with Crippen LogP contribution in [-0.4, -0.2) is 56.2 Å². The molecule has 2 N–H and O–H groups in total. The Hall–Kier alpha value is -1.43. The maximum atomic E-state index is 12.3. The topological polar surface area (TPSA) is 58.8 Å². The molecule has 1 aliphatic carbocycles. The number of carbonyl (C=O) groups excluding carboxylic acids is 1. The summed E-state index contributed by atoms with van der Waals surface area (Å²) >= 11 is 0. The van der Waals surface area contributed by atoms with E-state index in [2.05, 4.69) is 29.2 Å². The predicted molar refractivity (Wildman–Crippen MR) is 98.8 cm³/mol. The summed E-state index contributed by atoms with van der Waals surface area (Å²) in [5, 5.41) is 0. The van der Waals surface area contributed by atoms with Crippen LogP contribution in [0.2, 0.25) is 0 Å². The van der Waals surface area contributed by atoms with Crippen LogP contribution >= 0.6 is 0 Å². The average molecular weight is 343 g/mol. The van der Waals surface area contributed by atoms with Crippen molar-refractivity contribution in [1.29, 1.82) is 0 Å². The molecule has 2 heterocycles. The Morgan fingerprint density at radius 1 is 1.08 bits per heavy atom. The Labute approximate surface area is 150 Å². The van der Waals surface area contributed by atoms with Gasteiger partial charge in [-0.05, 0) is 43.4 Å². The first-order valence-electron chi connectivity index (χ1n) is 9.66. The molecule has 2 saturated heterocycles. The molecule has 3 aliphatic rings. The average Bonchev–Trinajstić information content (AvgIpc) is 2.62. The highest BCUT2D eigenvalue weighted by molar-refractivity contribution is 5.97. The first-order chi connectivity index (χ1) is 12.2. The summed E-state index contributed by atoms with van der Waals surface area (Å²) in [5.74, 6) is 0.0608. The fraction of sp³-hybridized carbons (Fsp3) is 0.650. The number of hydrogen-bond donors (Lipinski definition) is 1. The van der Waals surface area contributed by atoms with Crippen molar-refractivity contribution in [2.45, 2.75) is 43.6 Å². The molecule has 5 nitrogen and oxygen atoms in total. The molecule has 1 aromatic carbocycles. The summed E-state index contributed by atoms with van der Waals surface area (Å²) < 4.78 is 5.48. The highest BCUT2D eigenvalue weighted by Crippen LogP contribution is 2.45. The lowest BCUT2D eigenvalue weighted by Crippen LogP contribution is -2.49. The minimum absolute atomic E-state index is 0.0608. The van der Waals surface area contributed by atoms with Crippen LogP contribution in [-0.2, 0) is 14.9 Å². The predicted octanol–water partition coefficient (Wildman–Crippen LogP) is 1.89. The molecule has 1 atom stereocenters. The maximum Gasteiger partial charge on any atom is 0.243 e. The van der Waals surface area contributed by atoms with Crippen molar-refractivity contribution in [1.82, 2.24) is 4.90 Å². The van der Waals surface area contributed by atoms with Crippen molar-refractivity contribution < 1.29 is 9.53 Å². The largest absolute Gasteiger partial charge is 0.379 e. The van der Waals surface area contributed by atoms with Gasteiger partial charge >= 0.3 is 0 Å². The van der Waals surface area contributed by atoms with Gasteiger partial charge in [0.05, 0.1) is 19.3 Å². The van der Waals surface area contributed by atoms with Gasteiger partial charge in [-0.25, -0.2) is 0 Å². The summed E-state index contributed by atoms with van der Waals surface area (Å²) in [6, 6.07) is 8.37. The summed E-state index contributed by atoms with van der Waals surface area (Å²) in [6.07, 6.45) is 5.62. The monoisotopic (exact) mass is 343 g/mol. The number of carbonyl (C=O) groups is 1. The number of nitrogens with two attached hydrogens (primary N) is 1. The van der Waals surface area contributed by atoms with Crippen LogP contribution in [0.15, 0.2) is 24.3 Å². The molecule has 0 aromatic heterocycles. The first-order valence-corrected chi connectivity index (χ1v) is 9.66. The highest BCUT2D eigenvalue weighted by Gasteiger charge is 2.40. The van der Waals surface area contributed by atoms with Gasteiger partial charge in [-0.3, -0.25) is 9.69 Å². The molecule has 1 amide bonds. The fourth-order valence-corrected chi connectivity index (χ4v) is 4.48. The van der Waals surface area contributed by atoms with Crippen molar-refractivity contribution in [3.05, 3.63) is 29.8 Å². The van der Waals surface area contributed by atoms with Gasteiger partial charge in [-0.2, -0.15) is 0 Å². The number of morpholine rings is 1. The lowest BCUT2D eigenvalue weighted by molar-refractivity contribution is -0.120. The van der Waals surface area contributed by atoms with Crippen LogP contribution < -0.4 is 10.6 Å². The molecule has 0 spiro atoms. The van der Waals surface area contributed by atoms with Crippen LogP contribution in [0.4, 0.5) is 5.69 Å². The molecule has 5 heteroatoms. The summed E-state index contributed by atoms with van der Waals surface area (Å²) in [5.41, 5.74) is 8.63. The van der Waals surface area contributed by atoms with E-state index in [0.717, 1.165) is 57.9 Å². The fourth-order valence-electron chi connectivity index (χ4n) is 4.48. The summed E-state index contributed by atoms with van der Waals surface area (Å²) in [7, 11) is 0. The van der Waals surface area contributed by atoms with Crippen LogP contribution in [0, 0.1) is 0 Å². The number of nitrogens with zero attached hydrogens (tertiary/aromatic N) is 2. The maximum absolute atomic E-state index is 12.3. The molecule has 2 aliphatic heterocycles. The van der Waals surface area contributed by atoms with E-state index in [-0.39, 0.29) is 17.4 Å². The normalized spacial score (nSPS) is 27.2. The van der Waals surface area contributed by atoms with Gasteiger partial charge in [0.25, 0.3) is 0 Å². The summed E-state index contributed by atoms with van der Waals surface area (Å²) in [4.78, 5) is 16.7. The van der Waals surface area contributed by atoms with Crippen molar-refractivity contribution >= 4 is 11.6 Å². The van der Waals surface area contributed by atoms with Crippen LogP contribution in [0.1, 0.15) is 37.7 Å². The molecule has 136 valence electrons. The van der Waals surface area contributed by atoms with Crippen molar-refractivity contribution in [3.63, 3.8) is 0 Å². The van der Waals surface area contributed by atoms with Gasteiger partial charge < -0.3 is 15.4 Å². The number of hydrogen-bond acceptors (Lipinski definition) is 4. The van der Waals surface area contributed by atoms with Gasteiger partial charge in [-0.1, -0.05) is 18.6 Å². The molecule has 4 rings (SSSR count). The first kappa shape index (κ1) is 17.0. The number of benzene rings is 1. The minimum atomic E-state index is -0.340. The van der Waals surface area contributed by atoms with Gasteiger partial charge in [0, 0.05) is 37.3 Å². The van der Waals surface area contributed by atoms with Crippen molar-refractivity contribution in [3.8, 4) is 0 Å². The molecule has 1 saturated carbocycles. The molecule has 1 unspecified atom stereocenters. The Morgan fingerprint density at radius 2 is 1.80 bits per heavy atom. The zero-order valence-electron chi connectivity index (χ0n) is 15.0. The third-order valence-corrected chi connectivity index (χ3v) is 6.21. The minimum Gasteiger partial charge on any atom is -0.379 e. The highest BCUT2D eigenvalue weighted by atomic mass is 16.5. The Balaban J connectivity index is 1.49. The van der Waals surface area contributed by atoms with Crippen LogP contribution in [0.3, 0.4) is 0 Å². The van der Waals surface area contributed by atoms with E-state index in [1.54, 1.807) is 0 Å². The molecule has 1 aromatic rings. The second-order valence-electron chi connectivity index (χ2n) is 7.81. The number of anilines is 1. The second kappa shape index (κ2) is 7.06. The van der Waals surface area contributed by atoms with Gasteiger partial charge in [0.1, 0.15) is 0 Å². The van der Waals surface area contributed by atoms with Crippen molar-refractivity contribution in [2.24, 2.45) is 5.73 Å². The van der Waals surface area contributed by atoms with Gasteiger partial charge in [0.2, 0.25) is 5.91 Å². The van der Waals surface area contributed by atoms with E-state index >= 15 is 0 Å². The number of amides is 1. The second-order valence-corrected chi connectivity index (χ2v) is 7.81. The Bertz CT molecular complexity index is 606. The van der Waals surface area contributed by atoms with E-state index in [0.29, 0.717) is 0 Å².